The van der Waals surface area contributed by atoms with Gasteiger partial charge in [0, 0.05) is 26.6 Å². The molecule has 0 spiro atoms. The molecule has 0 aliphatic heterocycles. The molecule has 0 bridgehead atoms. The maximum atomic E-state index is 5.40. The van der Waals surface area contributed by atoms with Crippen molar-refractivity contribution in [1.29, 1.82) is 0 Å². The van der Waals surface area contributed by atoms with E-state index in [1.807, 2.05) is 20.9 Å². The number of ether oxygens (including phenoxy) is 1. The monoisotopic (exact) mass is 212 g/mol. The summed E-state index contributed by atoms with van der Waals surface area (Å²) < 4.78 is 7.12. The van der Waals surface area contributed by atoms with Gasteiger partial charge in [-0.1, -0.05) is 0 Å². The normalized spacial score (nSPS) is 11.2. The largest absolute Gasteiger partial charge is 0.377 e. The SMILES string of the molecule is CC(C)OCCNCCc1ncn(C)n1. The van der Waals surface area contributed by atoms with E-state index in [0.717, 1.165) is 31.9 Å². The van der Waals surface area contributed by atoms with Crippen LogP contribution in [0.2, 0.25) is 0 Å². The van der Waals surface area contributed by atoms with Crippen LogP contribution in [-0.4, -0.2) is 40.6 Å². The Kier molecular flexibility index (Phi) is 5.28. The molecule has 0 saturated heterocycles. The molecule has 1 heterocycles. The van der Waals surface area contributed by atoms with Crippen LogP contribution < -0.4 is 5.32 Å². The molecule has 0 radical (unpaired) electrons. The van der Waals surface area contributed by atoms with E-state index in [4.69, 9.17) is 4.74 Å². The molecule has 15 heavy (non-hydrogen) atoms. The second-order valence-corrected chi connectivity index (χ2v) is 3.75. The highest BCUT2D eigenvalue weighted by Gasteiger charge is 1.97. The predicted molar refractivity (Wildman–Crippen MR) is 58.7 cm³/mol. The van der Waals surface area contributed by atoms with E-state index in [9.17, 15) is 0 Å². The lowest BCUT2D eigenvalue weighted by Crippen LogP contribution is -2.23. The third-order valence-electron chi connectivity index (χ3n) is 1.90. The van der Waals surface area contributed by atoms with Gasteiger partial charge in [-0.15, -0.1) is 0 Å². The fourth-order valence-electron chi connectivity index (χ4n) is 1.19. The van der Waals surface area contributed by atoms with Crippen molar-refractivity contribution in [3.8, 4) is 0 Å². The molecule has 0 aliphatic rings. The summed E-state index contributed by atoms with van der Waals surface area (Å²) >= 11 is 0. The highest BCUT2D eigenvalue weighted by molar-refractivity contribution is 4.81. The van der Waals surface area contributed by atoms with Crippen molar-refractivity contribution < 1.29 is 4.74 Å². The number of aryl methyl sites for hydroxylation is 1. The van der Waals surface area contributed by atoms with Crippen LogP contribution in [0.15, 0.2) is 6.33 Å². The maximum Gasteiger partial charge on any atom is 0.151 e. The van der Waals surface area contributed by atoms with E-state index in [2.05, 4.69) is 15.4 Å². The molecule has 1 aromatic heterocycles. The summed E-state index contributed by atoms with van der Waals surface area (Å²) in [6, 6.07) is 0. The topological polar surface area (TPSA) is 52.0 Å². The van der Waals surface area contributed by atoms with Gasteiger partial charge in [0.2, 0.25) is 0 Å². The van der Waals surface area contributed by atoms with Crippen LogP contribution >= 0.6 is 0 Å². The van der Waals surface area contributed by atoms with Crippen molar-refractivity contribution >= 4 is 0 Å². The summed E-state index contributed by atoms with van der Waals surface area (Å²) in [6.45, 7) is 6.61. The van der Waals surface area contributed by atoms with Crippen molar-refractivity contribution in [2.75, 3.05) is 19.7 Å². The molecule has 0 fully saturated rings. The molecule has 1 aromatic rings. The van der Waals surface area contributed by atoms with Crippen molar-refractivity contribution in [3.63, 3.8) is 0 Å². The van der Waals surface area contributed by atoms with Crippen LogP contribution in [0.5, 0.6) is 0 Å². The maximum absolute atomic E-state index is 5.40. The van der Waals surface area contributed by atoms with Gasteiger partial charge in [0.15, 0.2) is 5.82 Å². The molecule has 0 saturated carbocycles. The van der Waals surface area contributed by atoms with E-state index in [1.165, 1.54) is 0 Å². The second kappa shape index (κ2) is 6.53. The van der Waals surface area contributed by atoms with Crippen molar-refractivity contribution in [2.45, 2.75) is 26.4 Å². The Bertz CT molecular complexity index is 272. The van der Waals surface area contributed by atoms with Gasteiger partial charge in [-0.05, 0) is 13.8 Å². The van der Waals surface area contributed by atoms with Gasteiger partial charge < -0.3 is 10.1 Å². The Morgan fingerprint density at radius 2 is 2.27 bits per heavy atom. The fourth-order valence-corrected chi connectivity index (χ4v) is 1.19. The third-order valence-corrected chi connectivity index (χ3v) is 1.90. The van der Waals surface area contributed by atoms with Crippen LogP contribution in [0.4, 0.5) is 0 Å². The number of nitrogens with one attached hydrogen (secondary N) is 1. The van der Waals surface area contributed by atoms with Gasteiger partial charge in [-0.25, -0.2) is 4.98 Å². The van der Waals surface area contributed by atoms with Gasteiger partial charge in [0.05, 0.1) is 12.7 Å². The van der Waals surface area contributed by atoms with Crippen LogP contribution in [-0.2, 0) is 18.2 Å². The first kappa shape index (κ1) is 12.1. The van der Waals surface area contributed by atoms with Crippen LogP contribution in [0, 0.1) is 0 Å². The average molecular weight is 212 g/mol. The van der Waals surface area contributed by atoms with E-state index in [-0.39, 0.29) is 0 Å². The molecule has 5 heteroatoms. The molecule has 0 atom stereocenters. The zero-order valence-corrected chi connectivity index (χ0v) is 9.73. The van der Waals surface area contributed by atoms with Crippen LogP contribution in [0.25, 0.3) is 0 Å². The Hall–Kier alpha value is -0.940. The standard InChI is InChI=1S/C10H20N4O/c1-9(2)15-7-6-11-5-4-10-12-8-14(3)13-10/h8-9,11H,4-7H2,1-3H3. The quantitative estimate of drug-likeness (QED) is 0.664. The van der Waals surface area contributed by atoms with Gasteiger partial charge >= 0.3 is 0 Å². The van der Waals surface area contributed by atoms with Crippen molar-refractivity contribution in [2.24, 2.45) is 7.05 Å². The Balaban J connectivity index is 1.98. The molecule has 0 aliphatic carbocycles. The van der Waals surface area contributed by atoms with Gasteiger partial charge in [0.25, 0.3) is 0 Å². The van der Waals surface area contributed by atoms with E-state index in [1.54, 1.807) is 11.0 Å². The van der Waals surface area contributed by atoms with Gasteiger partial charge in [-0.3, -0.25) is 4.68 Å². The predicted octanol–water partition coefficient (Wildman–Crippen LogP) is 0.372. The number of aromatic nitrogens is 3. The first-order valence-electron chi connectivity index (χ1n) is 5.35. The number of nitrogens with zero attached hydrogens (tertiary/aromatic N) is 3. The highest BCUT2D eigenvalue weighted by Crippen LogP contribution is 1.88. The number of hydrogen-bond donors (Lipinski definition) is 1. The summed E-state index contributed by atoms with van der Waals surface area (Å²) in [7, 11) is 1.88. The smallest absolute Gasteiger partial charge is 0.151 e. The second-order valence-electron chi connectivity index (χ2n) is 3.75. The van der Waals surface area contributed by atoms with Crippen molar-refractivity contribution in [3.05, 3.63) is 12.2 Å². The molecule has 0 aromatic carbocycles. The molecule has 1 N–H and O–H groups in total. The summed E-state index contributed by atoms with van der Waals surface area (Å²) in [5, 5.41) is 7.48. The summed E-state index contributed by atoms with van der Waals surface area (Å²) in [6.07, 6.45) is 2.89. The number of rotatable bonds is 7. The molecule has 5 nitrogen and oxygen atoms in total. The van der Waals surface area contributed by atoms with Gasteiger partial charge in [-0.2, -0.15) is 5.10 Å². The third kappa shape index (κ3) is 5.49. The Labute approximate surface area is 90.8 Å². The Morgan fingerprint density at radius 1 is 1.47 bits per heavy atom. The highest BCUT2D eigenvalue weighted by atomic mass is 16.5. The van der Waals surface area contributed by atoms with Crippen molar-refractivity contribution in [1.82, 2.24) is 20.1 Å². The van der Waals surface area contributed by atoms with Crippen LogP contribution in [0.3, 0.4) is 0 Å². The molecule has 1 rings (SSSR count). The first-order valence-corrected chi connectivity index (χ1v) is 5.35. The molecule has 0 unspecified atom stereocenters. The molecule has 0 amide bonds. The number of hydrogen-bond acceptors (Lipinski definition) is 4. The summed E-state index contributed by atoms with van der Waals surface area (Å²) in [5.74, 6) is 0.884. The zero-order valence-electron chi connectivity index (χ0n) is 9.73. The Morgan fingerprint density at radius 3 is 2.87 bits per heavy atom. The molecular weight excluding hydrogens is 192 g/mol. The lowest BCUT2D eigenvalue weighted by atomic mass is 10.4. The lowest BCUT2D eigenvalue weighted by molar-refractivity contribution is 0.0809. The minimum absolute atomic E-state index is 0.309. The van der Waals surface area contributed by atoms with E-state index in [0.29, 0.717) is 6.10 Å². The lowest BCUT2D eigenvalue weighted by Gasteiger charge is -2.07. The fraction of sp³-hybridized carbons (Fsp3) is 0.800. The molecular formula is C10H20N4O. The zero-order chi connectivity index (χ0) is 11.1. The van der Waals surface area contributed by atoms with Gasteiger partial charge in [0.1, 0.15) is 6.33 Å². The van der Waals surface area contributed by atoms with Crippen LogP contribution in [0.1, 0.15) is 19.7 Å². The van der Waals surface area contributed by atoms with E-state index < -0.39 is 0 Å². The minimum Gasteiger partial charge on any atom is -0.377 e. The summed E-state index contributed by atoms with van der Waals surface area (Å²) in [5.41, 5.74) is 0. The first-order chi connectivity index (χ1) is 7.18. The van der Waals surface area contributed by atoms with E-state index >= 15 is 0 Å². The molecule has 86 valence electrons. The summed E-state index contributed by atoms with van der Waals surface area (Å²) in [4.78, 5) is 4.14. The average Bonchev–Trinajstić information content (AvgIpc) is 2.57. The minimum atomic E-state index is 0.309.